The lowest BCUT2D eigenvalue weighted by Crippen LogP contribution is -2.25. The zero-order chi connectivity index (χ0) is 15.2. The minimum absolute atomic E-state index is 0.0133. The highest BCUT2D eigenvalue weighted by atomic mass is 16.2. The van der Waals surface area contributed by atoms with Crippen molar-refractivity contribution in [1.82, 2.24) is 15.1 Å². The Labute approximate surface area is 121 Å². The van der Waals surface area contributed by atoms with Crippen LogP contribution in [0.5, 0.6) is 0 Å². The van der Waals surface area contributed by atoms with Crippen LogP contribution in [0.2, 0.25) is 0 Å². The second kappa shape index (κ2) is 6.69. The number of aldehydes is 1. The molecule has 6 heteroatoms. The van der Waals surface area contributed by atoms with Crippen LogP contribution in [0, 0.1) is 0 Å². The first-order valence-electron chi connectivity index (χ1n) is 6.77. The van der Waals surface area contributed by atoms with Gasteiger partial charge in [0.25, 0.3) is 11.5 Å². The fourth-order valence-corrected chi connectivity index (χ4v) is 1.98. The van der Waals surface area contributed by atoms with Gasteiger partial charge in [-0.3, -0.25) is 19.5 Å². The molecule has 0 aliphatic rings. The molecule has 0 spiro atoms. The maximum atomic E-state index is 12.1. The Morgan fingerprint density at radius 3 is 2.67 bits per heavy atom. The molecule has 0 atom stereocenters. The van der Waals surface area contributed by atoms with Crippen LogP contribution in [0.15, 0.2) is 35.1 Å². The summed E-state index contributed by atoms with van der Waals surface area (Å²) in [4.78, 5) is 35.2. The van der Waals surface area contributed by atoms with E-state index in [0.29, 0.717) is 12.8 Å². The quantitative estimate of drug-likeness (QED) is 0.782. The Kier molecular flexibility index (Phi) is 4.71. The highest BCUT2D eigenvalue weighted by Gasteiger charge is 2.19. The van der Waals surface area contributed by atoms with Crippen molar-refractivity contribution in [2.75, 3.05) is 6.54 Å². The number of carbonyl (C=O) groups excluding carboxylic acids is 2. The summed E-state index contributed by atoms with van der Waals surface area (Å²) in [6.07, 6.45) is 1.19. The van der Waals surface area contributed by atoms with E-state index in [2.05, 4.69) is 10.4 Å². The van der Waals surface area contributed by atoms with E-state index in [0.717, 1.165) is 12.0 Å². The number of amides is 1. The van der Waals surface area contributed by atoms with E-state index in [1.165, 1.54) is 4.68 Å². The monoisotopic (exact) mass is 287 g/mol. The highest BCUT2D eigenvalue weighted by molar-refractivity contribution is 5.99. The molecule has 21 heavy (non-hydrogen) atoms. The molecule has 2 N–H and O–H groups in total. The van der Waals surface area contributed by atoms with Gasteiger partial charge in [0.05, 0.1) is 6.54 Å². The van der Waals surface area contributed by atoms with Crippen molar-refractivity contribution in [3.63, 3.8) is 0 Å². The lowest BCUT2D eigenvalue weighted by Gasteiger charge is -2.03. The summed E-state index contributed by atoms with van der Waals surface area (Å²) in [6.45, 7) is 2.69. The van der Waals surface area contributed by atoms with Crippen LogP contribution >= 0.6 is 0 Å². The number of carbonyl (C=O) groups is 2. The van der Waals surface area contributed by atoms with Crippen LogP contribution in [0.1, 0.15) is 39.8 Å². The largest absolute Gasteiger partial charge is 0.351 e. The molecule has 0 saturated carbocycles. The number of H-pyrrole nitrogens is 1. The molecule has 1 aromatic carbocycles. The third-order valence-corrected chi connectivity index (χ3v) is 3.06. The minimum Gasteiger partial charge on any atom is -0.351 e. The van der Waals surface area contributed by atoms with Crippen LogP contribution in [0.4, 0.5) is 0 Å². The van der Waals surface area contributed by atoms with Crippen LogP contribution in [0.3, 0.4) is 0 Å². The Morgan fingerprint density at radius 1 is 1.33 bits per heavy atom. The summed E-state index contributed by atoms with van der Waals surface area (Å²) < 4.78 is 1.26. The van der Waals surface area contributed by atoms with Crippen LogP contribution in [0.25, 0.3) is 0 Å². The van der Waals surface area contributed by atoms with Crippen molar-refractivity contribution in [3.8, 4) is 0 Å². The minimum atomic E-state index is -0.490. The highest BCUT2D eigenvalue weighted by Crippen LogP contribution is 2.03. The first-order valence-corrected chi connectivity index (χ1v) is 6.77. The van der Waals surface area contributed by atoms with Gasteiger partial charge in [-0.05, 0) is 12.0 Å². The van der Waals surface area contributed by atoms with Gasteiger partial charge in [-0.15, -0.1) is 0 Å². The zero-order valence-corrected chi connectivity index (χ0v) is 11.8. The molecule has 0 saturated heterocycles. The lowest BCUT2D eigenvalue weighted by molar-refractivity contribution is 0.0942. The molecule has 1 aromatic heterocycles. The average Bonchev–Trinajstić information content (AvgIpc) is 2.82. The van der Waals surface area contributed by atoms with E-state index in [4.69, 9.17) is 0 Å². The van der Waals surface area contributed by atoms with Gasteiger partial charge in [-0.1, -0.05) is 37.3 Å². The summed E-state index contributed by atoms with van der Waals surface area (Å²) >= 11 is 0. The summed E-state index contributed by atoms with van der Waals surface area (Å²) in [5, 5.41) is 5.37. The van der Waals surface area contributed by atoms with Gasteiger partial charge >= 0.3 is 0 Å². The Balaban J connectivity index is 2.32. The van der Waals surface area contributed by atoms with Gasteiger partial charge in [0, 0.05) is 6.54 Å². The SMILES string of the molecule is CCCNC(=O)c1[nH]n(Cc2ccccc2)c(=O)c1C=O. The molecule has 0 fully saturated rings. The van der Waals surface area contributed by atoms with Crippen molar-refractivity contribution in [1.29, 1.82) is 0 Å². The third kappa shape index (κ3) is 3.28. The topological polar surface area (TPSA) is 84.0 Å². The second-order valence-electron chi connectivity index (χ2n) is 4.65. The fraction of sp³-hybridized carbons (Fsp3) is 0.267. The fourth-order valence-electron chi connectivity index (χ4n) is 1.98. The first-order chi connectivity index (χ1) is 10.2. The number of nitrogens with zero attached hydrogens (tertiary/aromatic N) is 1. The molecule has 2 rings (SSSR count). The molecule has 0 bridgehead atoms. The van der Waals surface area contributed by atoms with E-state index in [1.54, 1.807) is 0 Å². The summed E-state index contributed by atoms with van der Waals surface area (Å²) in [7, 11) is 0. The Morgan fingerprint density at radius 2 is 2.05 bits per heavy atom. The number of benzene rings is 1. The van der Waals surface area contributed by atoms with E-state index < -0.39 is 11.5 Å². The summed E-state index contributed by atoms with van der Waals surface area (Å²) in [6, 6.07) is 9.33. The van der Waals surface area contributed by atoms with Crippen LogP contribution in [-0.2, 0) is 6.54 Å². The summed E-state index contributed by atoms with van der Waals surface area (Å²) in [5.41, 5.74) is 0.285. The van der Waals surface area contributed by atoms with E-state index in [1.807, 2.05) is 37.3 Å². The van der Waals surface area contributed by atoms with Crippen molar-refractivity contribution < 1.29 is 9.59 Å². The standard InChI is InChI=1S/C15H17N3O3/c1-2-8-16-14(20)13-12(10-19)15(21)18(17-13)9-11-6-4-3-5-7-11/h3-7,10,17H,2,8-9H2,1H3,(H,16,20). The molecule has 1 heterocycles. The number of hydrogen-bond donors (Lipinski definition) is 2. The maximum Gasteiger partial charge on any atom is 0.278 e. The van der Waals surface area contributed by atoms with E-state index >= 15 is 0 Å². The smallest absolute Gasteiger partial charge is 0.278 e. The molecule has 2 aromatic rings. The molecule has 0 aliphatic heterocycles. The van der Waals surface area contributed by atoms with Gasteiger partial charge in [0.15, 0.2) is 6.29 Å². The van der Waals surface area contributed by atoms with Crippen LogP contribution < -0.4 is 10.9 Å². The van der Waals surface area contributed by atoms with Gasteiger partial charge in [-0.25, -0.2) is 4.68 Å². The van der Waals surface area contributed by atoms with Gasteiger partial charge in [-0.2, -0.15) is 0 Å². The number of aromatic nitrogens is 2. The predicted molar refractivity (Wildman–Crippen MR) is 78.6 cm³/mol. The van der Waals surface area contributed by atoms with Crippen LogP contribution in [-0.4, -0.2) is 28.5 Å². The molecule has 1 amide bonds. The molecule has 0 aliphatic carbocycles. The third-order valence-electron chi connectivity index (χ3n) is 3.06. The van der Waals surface area contributed by atoms with Crippen molar-refractivity contribution in [3.05, 3.63) is 57.5 Å². The van der Waals surface area contributed by atoms with E-state index in [-0.39, 0.29) is 17.8 Å². The zero-order valence-electron chi connectivity index (χ0n) is 11.8. The van der Waals surface area contributed by atoms with Gasteiger partial charge in [0.2, 0.25) is 0 Å². The second-order valence-corrected chi connectivity index (χ2v) is 4.65. The number of hydrogen-bond acceptors (Lipinski definition) is 3. The number of rotatable bonds is 6. The van der Waals surface area contributed by atoms with Gasteiger partial charge in [0.1, 0.15) is 11.3 Å². The summed E-state index contributed by atoms with van der Waals surface area (Å²) in [5.74, 6) is -0.442. The van der Waals surface area contributed by atoms with Crippen molar-refractivity contribution in [2.45, 2.75) is 19.9 Å². The maximum absolute atomic E-state index is 12.1. The molecular weight excluding hydrogens is 270 g/mol. The van der Waals surface area contributed by atoms with Crippen molar-refractivity contribution >= 4 is 12.2 Å². The molecule has 0 radical (unpaired) electrons. The molecule has 6 nitrogen and oxygen atoms in total. The van der Waals surface area contributed by atoms with Gasteiger partial charge < -0.3 is 5.32 Å². The number of nitrogens with one attached hydrogen (secondary N) is 2. The predicted octanol–water partition coefficient (Wildman–Crippen LogP) is 1.18. The average molecular weight is 287 g/mol. The lowest BCUT2D eigenvalue weighted by atomic mass is 10.2. The Bertz CT molecular complexity index is 686. The normalized spacial score (nSPS) is 10.3. The Hall–Kier alpha value is -2.63. The molecular formula is C15H17N3O3. The molecule has 110 valence electrons. The van der Waals surface area contributed by atoms with E-state index in [9.17, 15) is 14.4 Å². The molecule has 0 unspecified atom stereocenters. The van der Waals surface area contributed by atoms with Crippen molar-refractivity contribution in [2.24, 2.45) is 0 Å². The first kappa shape index (κ1) is 14.8. The number of aromatic amines is 1.